The maximum absolute atomic E-state index is 13.8. The Labute approximate surface area is 171 Å². The molecule has 1 heterocycles. The zero-order valence-electron chi connectivity index (χ0n) is 17.2. The number of rotatable bonds is 3. The fourth-order valence-corrected chi connectivity index (χ4v) is 4.51. The quantitative estimate of drug-likeness (QED) is 0.458. The average molecular weight is 393 g/mol. The lowest BCUT2D eigenvalue weighted by Crippen LogP contribution is -2.61. The van der Waals surface area contributed by atoms with Gasteiger partial charge in [0.05, 0.1) is 5.69 Å². The molecule has 2 aromatic rings. The molecular formula is C23H28N4O2. The Bertz CT molecular complexity index is 951. The van der Waals surface area contributed by atoms with Crippen molar-refractivity contribution in [1.29, 1.82) is 0 Å². The van der Waals surface area contributed by atoms with Gasteiger partial charge in [-0.2, -0.15) is 9.84 Å². The lowest BCUT2D eigenvalue weighted by molar-refractivity contribution is -0.568. The largest absolute Gasteiger partial charge is 0.622 e. The molecule has 1 fully saturated rings. The smallest absolute Gasteiger partial charge is 0.292 e. The zero-order chi connectivity index (χ0) is 20.6. The topological polar surface area (TPSA) is 73.9 Å². The van der Waals surface area contributed by atoms with Gasteiger partial charge in [0.25, 0.3) is 5.66 Å². The number of benzene rings is 2. The van der Waals surface area contributed by atoms with E-state index in [9.17, 15) is 10.4 Å². The molecule has 1 aliphatic carbocycles. The van der Waals surface area contributed by atoms with Crippen molar-refractivity contribution >= 4 is 17.1 Å². The molecule has 2 aliphatic rings. The summed E-state index contributed by atoms with van der Waals surface area (Å²) in [5.41, 5.74) is 5.07. The summed E-state index contributed by atoms with van der Waals surface area (Å²) in [7, 11) is 0. The first-order valence-electron chi connectivity index (χ1n) is 10.2. The van der Waals surface area contributed by atoms with Crippen LogP contribution in [-0.2, 0) is 0 Å². The molecule has 0 aromatic heterocycles. The summed E-state index contributed by atoms with van der Waals surface area (Å²) in [6.07, 6.45) is 2.99. The molecule has 6 nitrogen and oxygen atoms in total. The molecule has 6 heteroatoms. The second-order valence-corrected chi connectivity index (χ2v) is 8.44. The van der Waals surface area contributed by atoms with Crippen LogP contribution in [0.25, 0.3) is 0 Å². The first kappa shape index (κ1) is 19.6. The molecule has 1 atom stereocenters. The first-order valence-corrected chi connectivity index (χ1v) is 10.2. The van der Waals surface area contributed by atoms with Gasteiger partial charge >= 0.3 is 0 Å². The molecule has 29 heavy (non-hydrogen) atoms. The number of hydroxylamine groups is 3. The number of aryl methyl sites for hydroxylation is 1. The maximum Gasteiger partial charge on any atom is 0.292 e. The summed E-state index contributed by atoms with van der Waals surface area (Å²) in [6.45, 7) is 5.79. The van der Waals surface area contributed by atoms with Crippen LogP contribution in [0, 0.1) is 12.1 Å². The van der Waals surface area contributed by atoms with Crippen LogP contribution < -0.4 is 5.43 Å². The lowest BCUT2D eigenvalue weighted by Gasteiger charge is -2.38. The Hall–Kier alpha value is -2.70. The van der Waals surface area contributed by atoms with Crippen molar-refractivity contribution in [2.24, 2.45) is 5.10 Å². The Morgan fingerprint density at radius 1 is 1.07 bits per heavy atom. The van der Waals surface area contributed by atoms with Gasteiger partial charge in [0, 0.05) is 12.0 Å². The minimum absolute atomic E-state index is 0.529. The van der Waals surface area contributed by atoms with E-state index in [0.29, 0.717) is 24.3 Å². The summed E-state index contributed by atoms with van der Waals surface area (Å²) in [5.74, 6) is 0. The molecule has 1 unspecified atom stereocenters. The van der Waals surface area contributed by atoms with Gasteiger partial charge in [0.2, 0.25) is 5.71 Å². The molecule has 0 bridgehead atoms. The number of hydrazone groups is 1. The van der Waals surface area contributed by atoms with Crippen LogP contribution in [0.1, 0.15) is 50.7 Å². The third-order valence-corrected chi connectivity index (χ3v) is 6.07. The van der Waals surface area contributed by atoms with Crippen molar-refractivity contribution < 1.29 is 9.95 Å². The first-order chi connectivity index (χ1) is 13.9. The summed E-state index contributed by atoms with van der Waals surface area (Å²) < 4.78 is 1.00. The van der Waals surface area contributed by atoms with Gasteiger partial charge < -0.3 is 10.4 Å². The van der Waals surface area contributed by atoms with Gasteiger partial charge in [-0.15, -0.1) is 5.06 Å². The second kappa shape index (κ2) is 7.28. The molecule has 0 saturated heterocycles. The minimum atomic E-state index is -1.19. The van der Waals surface area contributed by atoms with E-state index < -0.39 is 11.2 Å². The number of anilines is 1. The van der Waals surface area contributed by atoms with Crippen LogP contribution in [0.3, 0.4) is 0 Å². The predicted molar refractivity (Wildman–Crippen MR) is 115 cm³/mol. The summed E-state index contributed by atoms with van der Waals surface area (Å²) in [5, 5.41) is 30.9. The monoisotopic (exact) mass is 392 g/mol. The number of nitrogens with one attached hydrogen (secondary N) is 1. The SMILES string of the molecule is Cc1ccc(C2=[N+]([O-])C3(CCCCC3=NNc3ccccc3)N(O)C2(C)C)cc1. The number of hydrogen-bond acceptors (Lipinski definition) is 5. The Balaban J connectivity index is 1.81. The van der Waals surface area contributed by atoms with Crippen LogP contribution in [0.4, 0.5) is 5.69 Å². The van der Waals surface area contributed by atoms with Crippen molar-refractivity contribution in [2.75, 3.05) is 5.43 Å². The Morgan fingerprint density at radius 2 is 1.76 bits per heavy atom. The highest BCUT2D eigenvalue weighted by Gasteiger charge is 2.65. The summed E-state index contributed by atoms with van der Waals surface area (Å²) >= 11 is 0. The van der Waals surface area contributed by atoms with Crippen LogP contribution in [0.15, 0.2) is 59.7 Å². The highest BCUT2D eigenvalue weighted by molar-refractivity contribution is 6.07. The summed E-state index contributed by atoms with van der Waals surface area (Å²) in [4.78, 5) is 0. The highest BCUT2D eigenvalue weighted by Crippen LogP contribution is 2.42. The molecule has 1 aliphatic heterocycles. The van der Waals surface area contributed by atoms with Crippen LogP contribution in [0.5, 0.6) is 0 Å². The normalized spacial score (nSPS) is 25.7. The van der Waals surface area contributed by atoms with E-state index in [-0.39, 0.29) is 0 Å². The van der Waals surface area contributed by atoms with Gasteiger partial charge in [-0.3, -0.25) is 5.43 Å². The molecule has 2 aromatic carbocycles. The van der Waals surface area contributed by atoms with Crippen molar-refractivity contribution in [3.05, 3.63) is 70.9 Å². The van der Waals surface area contributed by atoms with Crippen molar-refractivity contribution in [3.63, 3.8) is 0 Å². The Kier molecular flexibility index (Phi) is 4.92. The molecular weight excluding hydrogens is 364 g/mol. The highest BCUT2D eigenvalue weighted by atomic mass is 16.6. The van der Waals surface area contributed by atoms with Gasteiger partial charge in [-0.25, -0.2) is 0 Å². The van der Waals surface area contributed by atoms with E-state index in [0.717, 1.165) is 34.4 Å². The standard InChI is InChI=1S/C23H28N4O2/c1-17-12-14-18(15-13-17)21-22(2,3)27(29)23(26(21)28)16-8-7-11-20(23)25-24-19-9-5-4-6-10-19/h4-6,9-10,12-15,24,29H,7-8,11,16H2,1-3H3. The predicted octanol–water partition coefficient (Wildman–Crippen LogP) is 4.52. The van der Waals surface area contributed by atoms with E-state index in [2.05, 4.69) is 10.5 Å². The lowest BCUT2D eigenvalue weighted by atomic mass is 9.86. The van der Waals surface area contributed by atoms with Gasteiger partial charge in [0.1, 0.15) is 11.3 Å². The van der Waals surface area contributed by atoms with Crippen LogP contribution in [0.2, 0.25) is 0 Å². The van der Waals surface area contributed by atoms with E-state index >= 15 is 0 Å². The number of hydrogen-bond donors (Lipinski definition) is 2. The molecule has 0 radical (unpaired) electrons. The Morgan fingerprint density at radius 3 is 2.45 bits per heavy atom. The zero-order valence-corrected chi connectivity index (χ0v) is 17.2. The fraction of sp³-hybridized carbons (Fsp3) is 0.391. The van der Waals surface area contributed by atoms with Gasteiger partial charge in [-0.05, 0) is 64.3 Å². The third kappa shape index (κ3) is 3.12. The van der Waals surface area contributed by atoms with Crippen molar-refractivity contribution in [2.45, 2.75) is 57.7 Å². The van der Waals surface area contributed by atoms with Gasteiger partial charge in [0.15, 0.2) is 0 Å². The van der Waals surface area contributed by atoms with E-state index in [1.807, 2.05) is 75.4 Å². The van der Waals surface area contributed by atoms with Crippen LogP contribution >= 0.6 is 0 Å². The van der Waals surface area contributed by atoms with E-state index in [4.69, 9.17) is 0 Å². The molecule has 1 saturated carbocycles. The van der Waals surface area contributed by atoms with Crippen LogP contribution in [-0.4, -0.2) is 37.6 Å². The summed E-state index contributed by atoms with van der Waals surface area (Å²) in [6, 6.07) is 17.5. The molecule has 152 valence electrons. The maximum atomic E-state index is 13.8. The van der Waals surface area contributed by atoms with Crippen molar-refractivity contribution in [3.8, 4) is 0 Å². The second-order valence-electron chi connectivity index (χ2n) is 8.44. The van der Waals surface area contributed by atoms with E-state index in [1.54, 1.807) is 0 Å². The molecule has 4 rings (SSSR count). The average Bonchev–Trinajstić information content (AvgIpc) is 2.87. The molecule has 1 spiro atoms. The third-order valence-electron chi connectivity index (χ3n) is 6.07. The van der Waals surface area contributed by atoms with Gasteiger partial charge in [-0.1, -0.05) is 35.9 Å². The number of nitrogens with zero attached hydrogens (tertiary/aromatic N) is 3. The minimum Gasteiger partial charge on any atom is -0.622 e. The van der Waals surface area contributed by atoms with E-state index in [1.165, 1.54) is 5.06 Å². The fourth-order valence-electron chi connectivity index (χ4n) is 4.51. The molecule has 2 N–H and O–H groups in total. The molecule has 0 amide bonds. The number of para-hydroxylation sites is 1. The van der Waals surface area contributed by atoms with Crippen molar-refractivity contribution in [1.82, 2.24) is 5.06 Å².